The first-order valence-corrected chi connectivity index (χ1v) is 8.97. The molecule has 2 aromatic carbocycles. The highest BCUT2D eigenvalue weighted by Gasteiger charge is 2.26. The molecule has 3 rings (SSSR count). The second-order valence-corrected chi connectivity index (χ2v) is 7.19. The quantitative estimate of drug-likeness (QED) is 0.606. The number of rotatable bonds is 4. The van der Waals surface area contributed by atoms with Crippen LogP contribution in [0.25, 0.3) is 12.2 Å². The molecule has 0 aromatic heterocycles. The van der Waals surface area contributed by atoms with Gasteiger partial charge in [0.05, 0.1) is 12.2 Å². The van der Waals surface area contributed by atoms with Crippen LogP contribution in [0.4, 0.5) is 13.2 Å². The maximum atomic E-state index is 14.5. The first kappa shape index (κ1) is 18.7. The molecule has 0 bridgehead atoms. The molecule has 0 radical (unpaired) electrons. The van der Waals surface area contributed by atoms with E-state index in [1.165, 1.54) is 18.2 Å². The second kappa shape index (κ2) is 8.09. The molecule has 1 heterocycles. The van der Waals surface area contributed by atoms with E-state index in [0.29, 0.717) is 23.5 Å². The standard InChI is InChI=1S/C22H23F3O/c1-14-9-15(2)26-20(10-14)13-21-17(11-19(24)12-22(21)25)6-3-16-4-7-18(23)8-5-16/h3-8,11-12,14-15,20H,9-10,13H2,1-2H3/b6-3+. The van der Waals surface area contributed by atoms with Gasteiger partial charge < -0.3 is 4.74 Å². The summed E-state index contributed by atoms with van der Waals surface area (Å²) in [6.45, 7) is 4.20. The minimum Gasteiger partial charge on any atom is -0.375 e. The van der Waals surface area contributed by atoms with E-state index in [0.717, 1.165) is 24.5 Å². The molecule has 2 aromatic rings. The lowest BCUT2D eigenvalue weighted by molar-refractivity contribution is -0.0578. The Bertz CT molecular complexity index is 773. The summed E-state index contributed by atoms with van der Waals surface area (Å²) in [5, 5.41) is 0. The Morgan fingerprint density at radius 1 is 0.962 bits per heavy atom. The molecule has 0 N–H and O–H groups in total. The van der Waals surface area contributed by atoms with Crippen molar-refractivity contribution in [2.45, 2.75) is 45.3 Å². The summed E-state index contributed by atoms with van der Waals surface area (Å²) in [7, 11) is 0. The van der Waals surface area contributed by atoms with Crippen molar-refractivity contribution in [1.29, 1.82) is 0 Å². The van der Waals surface area contributed by atoms with Gasteiger partial charge in [0, 0.05) is 12.5 Å². The lowest BCUT2D eigenvalue weighted by atomic mass is 9.89. The fourth-order valence-corrected chi connectivity index (χ4v) is 3.66. The first-order valence-electron chi connectivity index (χ1n) is 8.97. The highest BCUT2D eigenvalue weighted by Crippen LogP contribution is 2.29. The molecule has 0 spiro atoms. The third-order valence-electron chi connectivity index (χ3n) is 4.78. The van der Waals surface area contributed by atoms with Crippen molar-refractivity contribution in [3.05, 3.63) is 70.5 Å². The first-order chi connectivity index (χ1) is 12.4. The molecule has 1 aliphatic heterocycles. The minimum atomic E-state index is -0.615. The van der Waals surface area contributed by atoms with Gasteiger partial charge >= 0.3 is 0 Å². The summed E-state index contributed by atoms with van der Waals surface area (Å²) in [6, 6.07) is 8.19. The van der Waals surface area contributed by atoms with Crippen molar-refractivity contribution in [3.63, 3.8) is 0 Å². The SMILES string of the molecule is CC1CC(C)OC(Cc2c(F)cc(F)cc2/C=C/c2ccc(F)cc2)C1. The monoisotopic (exact) mass is 360 g/mol. The Kier molecular flexibility index (Phi) is 5.82. The van der Waals surface area contributed by atoms with Crippen molar-refractivity contribution in [2.75, 3.05) is 0 Å². The zero-order valence-corrected chi connectivity index (χ0v) is 15.0. The van der Waals surface area contributed by atoms with Crippen molar-refractivity contribution >= 4 is 12.2 Å². The van der Waals surface area contributed by atoms with Crippen molar-refractivity contribution in [3.8, 4) is 0 Å². The number of hydrogen-bond acceptors (Lipinski definition) is 1. The summed E-state index contributed by atoms with van der Waals surface area (Å²) in [5.74, 6) is -0.975. The van der Waals surface area contributed by atoms with E-state index in [9.17, 15) is 13.2 Å². The van der Waals surface area contributed by atoms with E-state index >= 15 is 0 Å². The van der Waals surface area contributed by atoms with Crippen LogP contribution in [0, 0.1) is 23.4 Å². The van der Waals surface area contributed by atoms with Gasteiger partial charge in [-0.3, -0.25) is 0 Å². The smallest absolute Gasteiger partial charge is 0.130 e. The molecule has 1 aliphatic rings. The maximum Gasteiger partial charge on any atom is 0.130 e. The van der Waals surface area contributed by atoms with Gasteiger partial charge in [-0.1, -0.05) is 31.2 Å². The zero-order chi connectivity index (χ0) is 18.7. The molecule has 138 valence electrons. The van der Waals surface area contributed by atoms with Gasteiger partial charge in [-0.05, 0) is 60.6 Å². The molecular weight excluding hydrogens is 337 g/mol. The van der Waals surface area contributed by atoms with Crippen LogP contribution in [0.1, 0.15) is 43.4 Å². The average Bonchev–Trinajstić information content (AvgIpc) is 2.56. The van der Waals surface area contributed by atoms with Gasteiger partial charge in [-0.15, -0.1) is 0 Å². The maximum absolute atomic E-state index is 14.5. The van der Waals surface area contributed by atoms with Gasteiger partial charge in [-0.2, -0.15) is 0 Å². The van der Waals surface area contributed by atoms with Gasteiger partial charge in [0.1, 0.15) is 17.5 Å². The van der Waals surface area contributed by atoms with Crippen LogP contribution in [0.15, 0.2) is 36.4 Å². The van der Waals surface area contributed by atoms with Gasteiger partial charge in [-0.25, -0.2) is 13.2 Å². The van der Waals surface area contributed by atoms with Gasteiger partial charge in [0.2, 0.25) is 0 Å². The van der Waals surface area contributed by atoms with Crippen LogP contribution in [-0.4, -0.2) is 12.2 Å². The Labute approximate surface area is 152 Å². The molecule has 26 heavy (non-hydrogen) atoms. The largest absolute Gasteiger partial charge is 0.375 e. The van der Waals surface area contributed by atoms with Crippen LogP contribution in [0.2, 0.25) is 0 Å². The fraction of sp³-hybridized carbons (Fsp3) is 0.364. The Morgan fingerprint density at radius 2 is 1.69 bits per heavy atom. The molecule has 4 heteroatoms. The fourth-order valence-electron chi connectivity index (χ4n) is 3.66. The van der Waals surface area contributed by atoms with Crippen molar-refractivity contribution in [2.24, 2.45) is 5.92 Å². The topological polar surface area (TPSA) is 9.23 Å². The van der Waals surface area contributed by atoms with Crippen molar-refractivity contribution < 1.29 is 17.9 Å². The predicted molar refractivity (Wildman–Crippen MR) is 98.1 cm³/mol. The molecule has 1 nitrogen and oxygen atoms in total. The molecule has 3 atom stereocenters. The van der Waals surface area contributed by atoms with E-state index in [-0.39, 0.29) is 18.0 Å². The van der Waals surface area contributed by atoms with Crippen LogP contribution < -0.4 is 0 Å². The number of halogens is 3. The van der Waals surface area contributed by atoms with Crippen LogP contribution in [0.3, 0.4) is 0 Å². The summed E-state index contributed by atoms with van der Waals surface area (Å²) in [4.78, 5) is 0. The zero-order valence-electron chi connectivity index (χ0n) is 15.0. The molecule has 0 saturated carbocycles. The predicted octanol–water partition coefficient (Wildman–Crippen LogP) is 6.02. The Morgan fingerprint density at radius 3 is 2.38 bits per heavy atom. The summed E-state index contributed by atoms with van der Waals surface area (Å²) < 4.78 is 47.2. The molecule has 1 fully saturated rings. The average molecular weight is 360 g/mol. The Balaban J connectivity index is 1.86. The molecule has 0 aliphatic carbocycles. The normalized spacial score (nSPS) is 23.5. The second-order valence-electron chi connectivity index (χ2n) is 7.19. The van der Waals surface area contributed by atoms with Crippen LogP contribution in [0.5, 0.6) is 0 Å². The number of ether oxygens (including phenoxy) is 1. The third kappa shape index (κ3) is 4.76. The van der Waals surface area contributed by atoms with E-state index in [1.54, 1.807) is 24.3 Å². The summed E-state index contributed by atoms with van der Waals surface area (Å²) in [6.07, 6.45) is 5.73. The van der Waals surface area contributed by atoms with Crippen LogP contribution in [-0.2, 0) is 11.2 Å². The summed E-state index contributed by atoms with van der Waals surface area (Å²) >= 11 is 0. The van der Waals surface area contributed by atoms with E-state index in [4.69, 9.17) is 4.74 Å². The number of hydrogen-bond donors (Lipinski definition) is 0. The van der Waals surface area contributed by atoms with E-state index in [2.05, 4.69) is 6.92 Å². The van der Waals surface area contributed by atoms with E-state index in [1.807, 2.05) is 6.92 Å². The Hall–Kier alpha value is -2.07. The number of benzene rings is 2. The molecule has 1 saturated heterocycles. The molecule has 0 amide bonds. The van der Waals surface area contributed by atoms with Gasteiger partial charge in [0.15, 0.2) is 0 Å². The summed E-state index contributed by atoms with van der Waals surface area (Å²) in [5.41, 5.74) is 1.70. The molecule has 3 unspecified atom stereocenters. The lowest BCUT2D eigenvalue weighted by Gasteiger charge is -2.32. The third-order valence-corrected chi connectivity index (χ3v) is 4.78. The minimum absolute atomic E-state index is 0.0771. The van der Waals surface area contributed by atoms with E-state index < -0.39 is 11.6 Å². The highest BCUT2D eigenvalue weighted by molar-refractivity contribution is 5.71. The van der Waals surface area contributed by atoms with Crippen LogP contribution >= 0.6 is 0 Å². The van der Waals surface area contributed by atoms with Crippen molar-refractivity contribution in [1.82, 2.24) is 0 Å². The van der Waals surface area contributed by atoms with Gasteiger partial charge in [0.25, 0.3) is 0 Å². The molecular formula is C22H23F3O. The highest BCUT2D eigenvalue weighted by atomic mass is 19.1. The lowest BCUT2D eigenvalue weighted by Crippen LogP contribution is -2.32.